The van der Waals surface area contributed by atoms with E-state index >= 15 is 0 Å². The first-order valence-corrected chi connectivity index (χ1v) is 6.94. The second-order valence-electron chi connectivity index (χ2n) is 5.08. The van der Waals surface area contributed by atoms with Crippen LogP contribution in [0.3, 0.4) is 0 Å². The number of anilines is 1. The Hall–Kier alpha value is -1.26. The summed E-state index contributed by atoms with van der Waals surface area (Å²) in [7, 11) is 3.51. The van der Waals surface area contributed by atoms with Crippen LogP contribution < -0.4 is 10.6 Å². The molecule has 0 saturated carbocycles. The molecule has 1 heterocycles. The molecule has 0 radical (unpaired) electrons. The number of amides is 1. The zero-order valence-corrected chi connectivity index (χ0v) is 12.1. The third kappa shape index (κ3) is 3.61. The van der Waals surface area contributed by atoms with Gasteiger partial charge in [0.2, 0.25) is 0 Å². The first kappa shape index (κ1) is 14.2. The third-order valence-electron chi connectivity index (χ3n) is 3.27. The highest BCUT2D eigenvalue weighted by atomic mass is 35.5. The summed E-state index contributed by atoms with van der Waals surface area (Å²) < 4.78 is 0. The molecule has 2 N–H and O–H groups in total. The lowest BCUT2D eigenvalue weighted by atomic mass is 10.1. The number of hydrogen-bond donors (Lipinski definition) is 2. The van der Waals surface area contributed by atoms with Crippen molar-refractivity contribution in [3.8, 4) is 0 Å². The van der Waals surface area contributed by atoms with Crippen molar-refractivity contribution in [3.63, 3.8) is 0 Å². The van der Waals surface area contributed by atoms with Gasteiger partial charge >= 0.3 is 0 Å². The fraction of sp³-hybridized carbons (Fsp3) is 0.500. The van der Waals surface area contributed by atoms with Crippen LogP contribution in [-0.2, 0) is 0 Å². The lowest BCUT2D eigenvalue weighted by Crippen LogP contribution is -2.39. The zero-order chi connectivity index (χ0) is 13.8. The van der Waals surface area contributed by atoms with Crippen molar-refractivity contribution in [2.24, 2.45) is 0 Å². The monoisotopic (exact) mass is 281 g/mol. The minimum Gasteiger partial charge on any atom is -0.380 e. The van der Waals surface area contributed by atoms with Gasteiger partial charge in [0.05, 0.1) is 5.56 Å². The Morgan fingerprint density at radius 2 is 2.26 bits per heavy atom. The number of hydrogen-bond acceptors (Lipinski definition) is 3. The van der Waals surface area contributed by atoms with E-state index in [4.69, 9.17) is 11.6 Å². The van der Waals surface area contributed by atoms with Crippen LogP contribution in [0, 0.1) is 0 Å². The molecular weight excluding hydrogens is 262 g/mol. The van der Waals surface area contributed by atoms with E-state index in [2.05, 4.69) is 10.6 Å². The third-order valence-corrected chi connectivity index (χ3v) is 3.51. The number of carbonyl (C=O) groups excluding carboxylic acids is 1. The van der Waals surface area contributed by atoms with Gasteiger partial charge in [0.1, 0.15) is 0 Å². The standard InChI is InChI=1S/C14H20ClN3O/c1-18(2)14(19)12-6-5-10(15)8-13(12)17-11-4-3-7-16-9-11/h5-6,8,11,16-17H,3-4,7,9H2,1-2H3. The topological polar surface area (TPSA) is 44.4 Å². The first-order valence-electron chi connectivity index (χ1n) is 6.56. The smallest absolute Gasteiger partial charge is 0.255 e. The Bertz CT molecular complexity index is 456. The summed E-state index contributed by atoms with van der Waals surface area (Å²) >= 11 is 6.04. The van der Waals surface area contributed by atoms with Crippen molar-refractivity contribution in [1.29, 1.82) is 0 Å². The number of piperidine rings is 1. The van der Waals surface area contributed by atoms with Crippen molar-refractivity contribution in [2.45, 2.75) is 18.9 Å². The van der Waals surface area contributed by atoms with Crippen LogP contribution in [0.4, 0.5) is 5.69 Å². The van der Waals surface area contributed by atoms with Gasteiger partial charge in [-0.15, -0.1) is 0 Å². The van der Waals surface area contributed by atoms with Crippen molar-refractivity contribution in [2.75, 3.05) is 32.5 Å². The molecule has 0 spiro atoms. The fourth-order valence-corrected chi connectivity index (χ4v) is 2.43. The molecule has 4 nitrogen and oxygen atoms in total. The summed E-state index contributed by atoms with van der Waals surface area (Å²) in [5.41, 5.74) is 1.49. The van der Waals surface area contributed by atoms with Crippen LogP contribution in [-0.4, -0.2) is 44.0 Å². The molecule has 19 heavy (non-hydrogen) atoms. The molecule has 0 aromatic heterocycles. The minimum absolute atomic E-state index is 0.0112. The van der Waals surface area contributed by atoms with Crippen LogP contribution in [0.25, 0.3) is 0 Å². The minimum atomic E-state index is -0.0112. The van der Waals surface area contributed by atoms with Gasteiger partial charge in [-0.25, -0.2) is 0 Å². The van der Waals surface area contributed by atoms with E-state index in [0.717, 1.165) is 31.6 Å². The maximum atomic E-state index is 12.1. The molecule has 1 saturated heterocycles. The highest BCUT2D eigenvalue weighted by molar-refractivity contribution is 6.31. The van der Waals surface area contributed by atoms with Gasteiger partial charge in [0.15, 0.2) is 0 Å². The molecule has 1 aromatic carbocycles. The fourth-order valence-electron chi connectivity index (χ4n) is 2.26. The summed E-state index contributed by atoms with van der Waals surface area (Å²) in [4.78, 5) is 13.7. The molecule has 1 aromatic rings. The van der Waals surface area contributed by atoms with Gasteiger partial charge in [-0.2, -0.15) is 0 Å². The number of benzene rings is 1. The predicted molar refractivity (Wildman–Crippen MR) is 79.0 cm³/mol. The Labute approximate surface area is 119 Å². The number of rotatable bonds is 3. The van der Waals surface area contributed by atoms with Gasteiger partial charge in [-0.1, -0.05) is 11.6 Å². The molecule has 0 aliphatic carbocycles. The van der Waals surface area contributed by atoms with Crippen molar-refractivity contribution in [1.82, 2.24) is 10.2 Å². The largest absolute Gasteiger partial charge is 0.380 e. The first-order chi connectivity index (χ1) is 9.08. The molecule has 5 heteroatoms. The van der Waals surface area contributed by atoms with E-state index < -0.39 is 0 Å². The zero-order valence-electron chi connectivity index (χ0n) is 11.4. The van der Waals surface area contributed by atoms with Crippen molar-refractivity contribution < 1.29 is 4.79 Å². The second kappa shape index (κ2) is 6.26. The van der Waals surface area contributed by atoms with Crippen LogP contribution in [0.1, 0.15) is 23.2 Å². The normalized spacial score (nSPS) is 19.0. The average molecular weight is 282 g/mol. The van der Waals surface area contributed by atoms with E-state index in [9.17, 15) is 4.79 Å². The summed E-state index contributed by atoms with van der Waals surface area (Å²) in [6, 6.07) is 5.71. The SMILES string of the molecule is CN(C)C(=O)c1ccc(Cl)cc1NC1CCCNC1. The van der Waals surface area contributed by atoms with Gasteiger partial charge < -0.3 is 15.5 Å². The van der Waals surface area contributed by atoms with Gasteiger partial charge in [0, 0.05) is 37.4 Å². The van der Waals surface area contributed by atoms with E-state index in [1.807, 2.05) is 6.07 Å². The summed E-state index contributed by atoms with van der Waals surface area (Å²) in [6.45, 7) is 1.99. The average Bonchev–Trinajstić information content (AvgIpc) is 2.39. The Kier molecular flexibility index (Phi) is 4.66. The Morgan fingerprint density at radius 1 is 1.47 bits per heavy atom. The molecule has 1 atom stereocenters. The Balaban J connectivity index is 2.21. The molecule has 1 unspecified atom stereocenters. The second-order valence-corrected chi connectivity index (χ2v) is 5.51. The summed E-state index contributed by atoms with van der Waals surface area (Å²) in [5, 5.41) is 7.42. The van der Waals surface area contributed by atoms with Crippen LogP contribution >= 0.6 is 11.6 Å². The lowest BCUT2D eigenvalue weighted by Gasteiger charge is -2.26. The molecular formula is C14H20ClN3O. The number of nitrogens with zero attached hydrogens (tertiary/aromatic N) is 1. The number of halogens is 1. The van der Waals surface area contributed by atoms with Gasteiger partial charge in [-0.3, -0.25) is 4.79 Å². The number of nitrogens with one attached hydrogen (secondary N) is 2. The molecule has 1 fully saturated rings. The lowest BCUT2D eigenvalue weighted by molar-refractivity contribution is 0.0828. The Morgan fingerprint density at radius 3 is 2.89 bits per heavy atom. The van der Waals surface area contributed by atoms with E-state index in [0.29, 0.717) is 16.6 Å². The van der Waals surface area contributed by atoms with Crippen LogP contribution in [0.5, 0.6) is 0 Å². The number of carbonyl (C=O) groups is 1. The maximum Gasteiger partial charge on any atom is 0.255 e. The predicted octanol–water partition coefficient (Wildman–Crippen LogP) is 2.21. The van der Waals surface area contributed by atoms with Crippen LogP contribution in [0.15, 0.2) is 18.2 Å². The summed E-state index contributed by atoms with van der Waals surface area (Å²) in [5.74, 6) is -0.0112. The molecule has 1 aliphatic rings. The van der Waals surface area contributed by atoms with Gasteiger partial charge in [0.25, 0.3) is 5.91 Å². The van der Waals surface area contributed by atoms with E-state index in [-0.39, 0.29) is 5.91 Å². The highest BCUT2D eigenvalue weighted by Crippen LogP contribution is 2.24. The maximum absolute atomic E-state index is 12.1. The molecule has 1 aliphatic heterocycles. The van der Waals surface area contributed by atoms with Crippen molar-refractivity contribution >= 4 is 23.2 Å². The quantitative estimate of drug-likeness (QED) is 0.893. The van der Waals surface area contributed by atoms with Gasteiger partial charge in [-0.05, 0) is 37.6 Å². The summed E-state index contributed by atoms with van der Waals surface area (Å²) in [6.07, 6.45) is 2.25. The molecule has 104 valence electrons. The van der Waals surface area contributed by atoms with Crippen molar-refractivity contribution in [3.05, 3.63) is 28.8 Å². The van der Waals surface area contributed by atoms with E-state index in [1.165, 1.54) is 0 Å². The molecule has 1 amide bonds. The highest BCUT2D eigenvalue weighted by Gasteiger charge is 2.18. The van der Waals surface area contributed by atoms with Crippen LogP contribution in [0.2, 0.25) is 5.02 Å². The molecule has 2 rings (SSSR count). The van der Waals surface area contributed by atoms with E-state index in [1.54, 1.807) is 31.1 Å². The molecule has 0 bridgehead atoms.